The highest BCUT2D eigenvalue weighted by Gasteiger charge is 2.10. The lowest BCUT2D eigenvalue weighted by Gasteiger charge is -2.12. The van der Waals surface area contributed by atoms with Crippen LogP contribution in [-0.4, -0.2) is 5.91 Å². The van der Waals surface area contributed by atoms with E-state index in [4.69, 9.17) is 0 Å². The van der Waals surface area contributed by atoms with E-state index >= 15 is 0 Å². The van der Waals surface area contributed by atoms with Crippen LogP contribution < -0.4 is 5.32 Å². The molecule has 0 aliphatic heterocycles. The van der Waals surface area contributed by atoms with E-state index < -0.39 is 0 Å². The molecule has 0 saturated heterocycles. The van der Waals surface area contributed by atoms with Crippen LogP contribution in [0.5, 0.6) is 0 Å². The summed E-state index contributed by atoms with van der Waals surface area (Å²) in [5, 5.41) is 5.03. The van der Waals surface area contributed by atoms with Gasteiger partial charge in [-0.2, -0.15) is 0 Å². The summed E-state index contributed by atoms with van der Waals surface area (Å²) in [4.78, 5) is 13.0. The predicted molar refractivity (Wildman–Crippen MR) is 71.0 cm³/mol. The molecule has 0 bridgehead atoms. The maximum absolute atomic E-state index is 11.8. The largest absolute Gasteiger partial charge is 0.348 e. The number of thiophene rings is 1. The fraction of sp³-hybridized carbons (Fsp3) is 0.214. The van der Waals surface area contributed by atoms with Crippen LogP contribution in [0.3, 0.4) is 0 Å². The van der Waals surface area contributed by atoms with Crippen LogP contribution in [0, 0.1) is 0 Å². The highest BCUT2D eigenvalue weighted by molar-refractivity contribution is 7.10. The van der Waals surface area contributed by atoms with E-state index in [1.165, 1.54) is 4.88 Å². The third kappa shape index (κ3) is 3.43. The first kappa shape index (κ1) is 11.9. The van der Waals surface area contributed by atoms with Crippen molar-refractivity contribution in [3.05, 3.63) is 58.3 Å². The molecule has 88 valence electrons. The second kappa shape index (κ2) is 5.64. The number of carbonyl (C=O) groups excluding carboxylic acids is 1. The quantitative estimate of drug-likeness (QED) is 0.880. The van der Waals surface area contributed by atoms with Gasteiger partial charge in [0.2, 0.25) is 5.91 Å². The van der Waals surface area contributed by atoms with Gasteiger partial charge in [-0.25, -0.2) is 0 Å². The van der Waals surface area contributed by atoms with Gasteiger partial charge in [-0.3, -0.25) is 4.79 Å². The van der Waals surface area contributed by atoms with E-state index in [2.05, 4.69) is 5.32 Å². The first-order valence-corrected chi connectivity index (χ1v) is 6.50. The van der Waals surface area contributed by atoms with Crippen LogP contribution in [0.1, 0.15) is 23.4 Å². The fourth-order valence-corrected chi connectivity index (χ4v) is 2.42. The Morgan fingerprint density at radius 1 is 1.24 bits per heavy atom. The normalized spacial score (nSPS) is 12.1. The lowest BCUT2D eigenvalue weighted by Crippen LogP contribution is -2.27. The Kier molecular flexibility index (Phi) is 3.94. The minimum absolute atomic E-state index is 0.0668. The average molecular weight is 245 g/mol. The third-order valence-electron chi connectivity index (χ3n) is 2.55. The summed E-state index contributed by atoms with van der Waals surface area (Å²) in [5.74, 6) is 0.0668. The molecule has 3 heteroatoms. The topological polar surface area (TPSA) is 29.1 Å². The molecule has 2 aromatic rings. The SMILES string of the molecule is C[C@@H](NC(=O)Cc1ccccc1)c1cccs1. The van der Waals surface area contributed by atoms with Crippen molar-refractivity contribution in [1.29, 1.82) is 0 Å². The van der Waals surface area contributed by atoms with Crippen LogP contribution in [0.25, 0.3) is 0 Å². The van der Waals surface area contributed by atoms with Crippen LogP contribution in [-0.2, 0) is 11.2 Å². The maximum atomic E-state index is 11.8. The summed E-state index contributed by atoms with van der Waals surface area (Å²) in [5.41, 5.74) is 1.04. The number of carbonyl (C=O) groups is 1. The highest BCUT2D eigenvalue weighted by atomic mass is 32.1. The number of rotatable bonds is 4. The Morgan fingerprint density at radius 2 is 2.00 bits per heavy atom. The number of hydrogen-bond acceptors (Lipinski definition) is 2. The van der Waals surface area contributed by atoms with Gasteiger partial charge < -0.3 is 5.32 Å². The van der Waals surface area contributed by atoms with Gasteiger partial charge in [-0.1, -0.05) is 36.4 Å². The molecule has 1 atom stereocenters. The van der Waals surface area contributed by atoms with Gasteiger partial charge in [0.1, 0.15) is 0 Å². The van der Waals surface area contributed by atoms with E-state index in [0.29, 0.717) is 6.42 Å². The van der Waals surface area contributed by atoms with E-state index in [9.17, 15) is 4.79 Å². The number of benzene rings is 1. The number of nitrogens with one attached hydrogen (secondary N) is 1. The Labute approximate surface area is 105 Å². The second-order valence-electron chi connectivity index (χ2n) is 3.97. The van der Waals surface area contributed by atoms with Crippen LogP contribution in [0.2, 0.25) is 0 Å². The van der Waals surface area contributed by atoms with Gasteiger partial charge in [0.15, 0.2) is 0 Å². The monoisotopic (exact) mass is 245 g/mol. The summed E-state index contributed by atoms with van der Waals surface area (Å²) in [6, 6.07) is 13.9. The molecule has 0 aliphatic rings. The van der Waals surface area contributed by atoms with Gasteiger partial charge in [-0.15, -0.1) is 11.3 Å². The van der Waals surface area contributed by atoms with Gasteiger partial charge >= 0.3 is 0 Å². The zero-order valence-corrected chi connectivity index (χ0v) is 10.5. The van der Waals surface area contributed by atoms with E-state index in [1.54, 1.807) is 11.3 Å². The van der Waals surface area contributed by atoms with Crippen molar-refractivity contribution in [1.82, 2.24) is 5.32 Å². The minimum atomic E-state index is 0.0668. The molecule has 1 aromatic carbocycles. The second-order valence-corrected chi connectivity index (χ2v) is 4.95. The molecular formula is C14H15NOS. The first-order chi connectivity index (χ1) is 8.25. The Balaban J connectivity index is 1.90. The molecule has 0 fully saturated rings. The van der Waals surface area contributed by atoms with E-state index in [1.807, 2.05) is 54.8 Å². The molecule has 2 nitrogen and oxygen atoms in total. The molecule has 17 heavy (non-hydrogen) atoms. The number of hydrogen-bond donors (Lipinski definition) is 1. The van der Waals surface area contributed by atoms with Crippen molar-refractivity contribution in [2.75, 3.05) is 0 Å². The molecule has 0 radical (unpaired) electrons. The molecule has 0 saturated carbocycles. The number of amides is 1. The van der Waals surface area contributed by atoms with Crippen LogP contribution >= 0.6 is 11.3 Å². The summed E-state index contributed by atoms with van der Waals surface area (Å²) >= 11 is 1.66. The van der Waals surface area contributed by atoms with Gasteiger partial charge in [-0.05, 0) is 23.9 Å². The van der Waals surface area contributed by atoms with Crippen LogP contribution in [0.15, 0.2) is 47.8 Å². The van der Waals surface area contributed by atoms with Crippen molar-refractivity contribution >= 4 is 17.2 Å². The first-order valence-electron chi connectivity index (χ1n) is 5.62. The highest BCUT2D eigenvalue weighted by Crippen LogP contribution is 2.18. The smallest absolute Gasteiger partial charge is 0.224 e. The lowest BCUT2D eigenvalue weighted by atomic mass is 10.1. The zero-order chi connectivity index (χ0) is 12.1. The van der Waals surface area contributed by atoms with Gasteiger partial charge in [0, 0.05) is 4.88 Å². The standard InChI is InChI=1S/C14H15NOS/c1-11(13-8-5-9-17-13)15-14(16)10-12-6-3-2-4-7-12/h2-9,11H,10H2,1H3,(H,15,16)/t11-/m1/s1. The minimum Gasteiger partial charge on any atom is -0.348 e. The summed E-state index contributed by atoms with van der Waals surface area (Å²) < 4.78 is 0. The molecule has 2 rings (SSSR count). The van der Waals surface area contributed by atoms with Gasteiger partial charge in [0.25, 0.3) is 0 Å². The van der Waals surface area contributed by atoms with Crippen molar-refractivity contribution in [3.8, 4) is 0 Å². The predicted octanol–water partition coefficient (Wildman–Crippen LogP) is 3.17. The van der Waals surface area contributed by atoms with Gasteiger partial charge in [0.05, 0.1) is 12.5 Å². The summed E-state index contributed by atoms with van der Waals surface area (Å²) in [6.07, 6.45) is 0.441. The van der Waals surface area contributed by atoms with E-state index in [0.717, 1.165) is 5.56 Å². The molecule has 1 aromatic heterocycles. The van der Waals surface area contributed by atoms with E-state index in [-0.39, 0.29) is 11.9 Å². The lowest BCUT2D eigenvalue weighted by molar-refractivity contribution is -0.121. The Hall–Kier alpha value is -1.61. The summed E-state index contributed by atoms with van der Waals surface area (Å²) in [6.45, 7) is 2.01. The molecule has 0 aliphatic carbocycles. The molecular weight excluding hydrogens is 230 g/mol. The Bertz CT molecular complexity index is 464. The van der Waals surface area contributed by atoms with Crippen molar-refractivity contribution in [2.24, 2.45) is 0 Å². The molecule has 0 spiro atoms. The maximum Gasteiger partial charge on any atom is 0.224 e. The molecule has 1 heterocycles. The van der Waals surface area contributed by atoms with Crippen molar-refractivity contribution in [2.45, 2.75) is 19.4 Å². The molecule has 1 N–H and O–H groups in total. The fourth-order valence-electron chi connectivity index (χ4n) is 1.68. The molecule has 0 unspecified atom stereocenters. The van der Waals surface area contributed by atoms with Crippen molar-refractivity contribution in [3.63, 3.8) is 0 Å². The third-order valence-corrected chi connectivity index (χ3v) is 3.61. The summed E-state index contributed by atoms with van der Waals surface area (Å²) in [7, 11) is 0. The zero-order valence-electron chi connectivity index (χ0n) is 9.72. The average Bonchev–Trinajstić information content (AvgIpc) is 2.83. The van der Waals surface area contributed by atoms with Crippen molar-refractivity contribution < 1.29 is 4.79 Å². The Morgan fingerprint density at radius 3 is 2.65 bits per heavy atom. The molecule has 1 amide bonds. The van der Waals surface area contributed by atoms with Crippen LogP contribution in [0.4, 0.5) is 0 Å².